The lowest BCUT2D eigenvalue weighted by Gasteiger charge is -2.44. The number of halogens is 1. The number of carbonyl (C=O) groups is 3. The van der Waals surface area contributed by atoms with Gasteiger partial charge in [-0.2, -0.15) is 5.10 Å². The molecule has 0 bridgehead atoms. The molecule has 4 aliphatic rings. The molecule has 214 valence electrons. The van der Waals surface area contributed by atoms with Crippen molar-refractivity contribution in [2.45, 2.75) is 88.3 Å². The number of piperidine rings is 1. The van der Waals surface area contributed by atoms with Crippen LogP contribution in [0.25, 0.3) is 11.3 Å². The maximum absolute atomic E-state index is 14.4. The van der Waals surface area contributed by atoms with Crippen LogP contribution in [0.3, 0.4) is 0 Å². The molecule has 4 heterocycles. The Morgan fingerprint density at radius 1 is 1.15 bits per heavy atom. The van der Waals surface area contributed by atoms with E-state index in [4.69, 9.17) is 4.74 Å². The lowest BCUT2D eigenvalue weighted by Crippen LogP contribution is -2.54. The number of pyridine rings is 1. The van der Waals surface area contributed by atoms with Crippen LogP contribution in [0.15, 0.2) is 18.3 Å². The third kappa shape index (κ3) is 4.62. The largest absolute Gasteiger partial charge is 0.481 e. The minimum absolute atomic E-state index is 0.0153. The van der Waals surface area contributed by atoms with Crippen LogP contribution >= 0.6 is 0 Å². The molecule has 2 spiro atoms. The number of carbonyl (C=O) groups excluding carboxylic acids is 3. The van der Waals surface area contributed by atoms with E-state index in [1.807, 2.05) is 11.8 Å². The van der Waals surface area contributed by atoms with Crippen molar-refractivity contribution in [2.24, 2.45) is 5.92 Å². The van der Waals surface area contributed by atoms with Gasteiger partial charge < -0.3 is 19.9 Å². The van der Waals surface area contributed by atoms with Crippen molar-refractivity contribution in [1.82, 2.24) is 30.3 Å². The van der Waals surface area contributed by atoms with E-state index < -0.39 is 5.82 Å². The number of amides is 3. The van der Waals surface area contributed by atoms with Gasteiger partial charge in [0.25, 0.3) is 5.91 Å². The number of hydrogen-bond donors (Lipinski definition) is 2. The third-order valence-corrected chi connectivity index (χ3v) is 9.72. The maximum Gasteiger partial charge on any atom is 0.272 e. The Morgan fingerprint density at radius 2 is 1.93 bits per heavy atom. The zero-order valence-corrected chi connectivity index (χ0v) is 23.2. The summed E-state index contributed by atoms with van der Waals surface area (Å²) in [6.07, 6.45) is 9.29. The van der Waals surface area contributed by atoms with Crippen molar-refractivity contribution in [3.05, 3.63) is 29.8 Å². The summed E-state index contributed by atoms with van der Waals surface area (Å²) < 4.78 is 19.5. The highest BCUT2D eigenvalue weighted by molar-refractivity contribution is 5.94. The molecule has 2 aromatic heterocycles. The standard InChI is InChI=1S/C29H37FN6O4/c1-3-35-25(37)6-10-28(35)8-4-19(5-9-28)32-26(38)18-7-13-36(29(16-18)11-12-29)27(39)23-15-22(33-34-23)20-14-24(40-2)31-17-21(20)30/h14-15,17-19H,3-13,16H2,1-2H3,(H,32,38)(H,33,34)/t18-,19?,28?/m1/s1. The van der Waals surface area contributed by atoms with Gasteiger partial charge in [-0.3, -0.25) is 19.5 Å². The molecular weight excluding hydrogens is 515 g/mol. The van der Waals surface area contributed by atoms with Gasteiger partial charge in [-0.15, -0.1) is 0 Å². The topological polar surface area (TPSA) is 121 Å². The molecule has 40 heavy (non-hydrogen) atoms. The normalized spacial score (nSPS) is 27.3. The number of hydrogen-bond acceptors (Lipinski definition) is 6. The first-order chi connectivity index (χ1) is 19.3. The molecule has 1 atom stereocenters. The van der Waals surface area contributed by atoms with E-state index in [9.17, 15) is 18.8 Å². The van der Waals surface area contributed by atoms with Crippen molar-refractivity contribution in [1.29, 1.82) is 0 Å². The van der Waals surface area contributed by atoms with E-state index in [1.165, 1.54) is 13.2 Å². The summed E-state index contributed by atoms with van der Waals surface area (Å²) in [5, 5.41) is 10.3. The molecule has 10 nitrogen and oxygen atoms in total. The van der Waals surface area contributed by atoms with Gasteiger partial charge in [0.15, 0.2) is 5.82 Å². The van der Waals surface area contributed by atoms with Gasteiger partial charge in [0.1, 0.15) is 5.69 Å². The molecular formula is C29H37FN6O4. The van der Waals surface area contributed by atoms with Crippen molar-refractivity contribution in [3.63, 3.8) is 0 Å². The predicted molar refractivity (Wildman–Crippen MR) is 144 cm³/mol. The number of methoxy groups -OCH3 is 1. The second-order valence-electron chi connectivity index (χ2n) is 11.9. The summed E-state index contributed by atoms with van der Waals surface area (Å²) in [6, 6.07) is 3.14. The van der Waals surface area contributed by atoms with Crippen molar-refractivity contribution in [2.75, 3.05) is 20.2 Å². The molecule has 3 amide bonds. The summed E-state index contributed by atoms with van der Waals surface area (Å²) in [5.74, 6) is -0.255. The maximum atomic E-state index is 14.4. The molecule has 0 unspecified atom stereocenters. The first kappa shape index (κ1) is 26.7. The highest BCUT2D eigenvalue weighted by Gasteiger charge is 2.55. The summed E-state index contributed by atoms with van der Waals surface area (Å²) in [5.41, 5.74) is 0.477. The summed E-state index contributed by atoms with van der Waals surface area (Å²) >= 11 is 0. The molecule has 2 saturated heterocycles. The number of rotatable bonds is 6. The van der Waals surface area contributed by atoms with E-state index in [2.05, 4.69) is 25.4 Å². The van der Waals surface area contributed by atoms with E-state index >= 15 is 0 Å². The Bertz CT molecular complexity index is 1320. The summed E-state index contributed by atoms with van der Waals surface area (Å²) in [6.45, 7) is 3.29. The number of H-pyrrole nitrogens is 1. The van der Waals surface area contributed by atoms with Gasteiger partial charge in [0.05, 0.1) is 19.0 Å². The molecule has 2 saturated carbocycles. The molecule has 4 fully saturated rings. The van der Waals surface area contributed by atoms with Crippen LogP contribution in [0.2, 0.25) is 0 Å². The molecule has 6 rings (SSSR count). The van der Waals surface area contributed by atoms with Gasteiger partial charge in [-0.1, -0.05) is 0 Å². The molecule has 0 aromatic carbocycles. The number of aromatic amines is 1. The molecule has 2 aliphatic heterocycles. The van der Waals surface area contributed by atoms with E-state index in [0.29, 0.717) is 37.2 Å². The highest BCUT2D eigenvalue weighted by Crippen LogP contribution is 2.51. The molecule has 0 radical (unpaired) electrons. The zero-order valence-electron chi connectivity index (χ0n) is 23.2. The van der Waals surface area contributed by atoms with E-state index in [0.717, 1.165) is 57.7 Å². The number of nitrogens with one attached hydrogen (secondary N) is 2. The Morgan fingerprint density at radius 3 is 2.62 bits per heavy atom. The highest BCUT2D eigenvalue weighted by atomic mass is 19.1. The third-order valence-electron chi connectivity index (χ3n) is 9.72. The minimum Gasteiger partial charge on any atom is -0.481 e. The van der Waals surface area contributed by atoms with Crippen LogP contribution in [0.5, 0.6) is 5.88 Å². The lowest BCUT2D eigenvalue weighted by atomic mass is 9.77. The Balaban J connectivity index is 1.06. The van der Waals surface area contributed by atoms with E-state index in [1.54, 1.807) is 6.07 Å². The van der Waals surface area contributed by atoms with Crippen LogP contribution in [-0.2, 0) is 9.59 Å². The van der Waals surface area contributed by atoms with Gasteiger partial charge in [-0.25, -0.2) is 9.37 Å². The Hall–Kier alpha value is -3.50. The zero-order chi connectivity index (χ0) is 28.1. The molecule has 2 aromatic rings. The number of ether oxygens (including phenoxy) is 1. The fourth-order valence-electron chi connectivity index (χ4n) is 7.32. The van der Waals surface area contributed by atoms with Gasteiger partial charge in [0.2, 0.25) is 17.7 Å². The Kier molecular flexibility index (Phi) is 6.78. The Labute approximate surface area is 233 Å². The fraction of sp³-hybridized carbons (Fsp3) is 0.621. The molecule has 2 N–H and O–H groups in total. The fourth-order valence-corrected chi connectivity index (χ4v) is 7.32. The summed E-state index contributed by atoms with van der Waals surface area (Å²) in [7, 11) is 1.45. The first-order valence-corrected chi connectivity index (χ1v) is 14.5. The second kappa shape index (κ2) is 10.2. The SMILES string of the molecule is CCN1C(=O)CCC12CCC(NC(=O)[C@@H]1CCN(C(=O)c3cc(-c4cc(OC)ncc4F)n[nH]3)C3(CC3)C1)CC2. The van der Waals surface area contributed by atoms with Gasteiger partial charge >= 0.3 is 0 Å². The van der Waals surface area contributed by atoms with E-state index in [-0.39, 0.29) is 52.2 Å². The van der Waals surface area contributed by atoms with Crippen LogP contribution in [-0.4, -0.2) is 80.0 Å². The number of likely N-dealkylation sites (tertiary alicyclic amines) is 2. The van der Waals surface area contributed by atoms with Crippen LogP contribution < -0.4 is 10.1 Å². The summed E-state index contributed by atoms with van der Waals surface area (Å²) in [4.78, 5) is 46.9. The first-order valence-electron chi connectivity index (χ1n) is 14.5. The second-order valence-corrected chi connectivity index (χ2v) is 11.9. The number of nitrogens with zero attached hydrogens (tertiary/aromatic N) is 4. The van der Waals surface area contributed by atoms with Crippen LogP contribution in [0.4, 0.5) is 4.39 Å². The average molecular weight is 553 g/mol. The van der Waals surface area contributed by atoms with Crippen LogP contribution in [0, 0.1) is 11.7 Å². The quantitative estimate of drug-likeness (QED) is 0.567. The molecule has 2 aliphatic carbocycles. The minimum atomic E-state index is -0.552. The number of aromatic nitrogens is 3. The average Bonchev–Trinajstić information content (AvgIpc) is 3.41. The lowest BCUT2D eigenvalue weighted by molar-refractivity contribution is -0.133. The monoisotopic (exact) mass is 552 g/mol. The van der Waals surface area contributed by atoms with Crippen molar-refractivity contribution < 1.29 is 23.5 Å². The van der Waals surface area contributed by atoms with Crippen LogP contribution in [0.1, 0.15) is 81.6 Å². The van der Waals surface area contributed by atoms with Gasteiger partial charge in [-0.05, 0) is 70.8 Å². The molecule has 11 heteroatoms. The smallest absolute Gasteiger partial charge is 0.272 e. The van der Waals surface area contributed by atoms with Gasteiger partial charge in [0, 0.05) is 54.2 Å². The predicted octanol–water partition coefficient (Wildman–Crippen LogP) is 3.44. The van der Waals surface area contributed by atoms with Crippen molar-refractivity contribution >= 4 is 17.7 Å². The van der Waals surface area contributed by atoms with Crippen molar-refractivity contribution in [3.8, 4) is 17.1 Å².